The third-order valence-electron chi connectivity index (χ3n) is 3.20. The molecule has 1 aliphatic rings. The number of rotatable bonds is 4. The van der Waals surface area contributed by atoms with Crippen molar-refractivity contribution in [1.82, 2.24) is 5.32 Å². The Balaban J connectivity index is 1.97. The highest BCUT2D eigenvalue weighted by Crippen LogP contribution is 2.35. The van der Waals surface area contributed by atoms with E-state index in [1.54, 1.807) is 18.2 Å². The summed E-state index contributed by atoms with van der Waals surface area (Å²) in [6, 6.07) is 7.56. The van der Waals surface area contributed by atoms with Crippen LogP contribution < -0.4 is 10.1 Å². The number of carbonyl (C=O) groups is 1. The monoisotopic (exact) mass is 362 g/mol. The molecule has 7 nitrogen and oxygen atoms in total. The number of nitro benzene ring substituents is 1. The molecule has 122 valence electrons. The van der Waals surface area contributed by atoms with Gasteiger partial charge >= 0.3 is 0 Å². The fraction of sp³-hybridized carbons (Fsp3) is 0.0667. The van der Waals surface area contributed by atoms with E-state index in [0.29, 0.717) is 32.1 Å². The number of non-ortho nitro benzene ring substituents is 1. The predicted octanol–water partition coefficient (Wildman–Crippen LogP) is 3.35. The van der Waals surface area contributed by atoms with Gasteiger partial charge in [-0.1, -0.05) is 24.0 Å². The van der Waals surface area contributed by atoms with Gasteiger partial charge in [0, 0.05) is 18.2 Å². The van der Waals surface area contributed by atoms with E-state index in [-0.39, 0.29) is 11.6 Å². The van der Waals surface area contributed by atoms with Crippen molar-refractivity contribution in [1.29, 1.82) is 0 Å². The van der Waals surface area contributed by atoms with Gasteiger partial charge in [-0.15, -0.1) is 0 Å². The average Bonchev–Trinajstić information content (AvgIpc) is 3.13. The molecule has 0 aliphatic carbocycles. The molecule has 0 saturated carbocycles. The van der Waals surface area contributed by atoms with E-state index in [1.807, 2.05) is 0 Å². The molecule has 1 amide bonds. The lowest BCUT2D eigenvalue weighted by Gasteiger charge is -2.05. The topological polar surface area (TPSA) is 94.6 Å². The number of benzene rings is 1. The van der Waals surface area contributed by atoms with E-state index in [1.165, 1.54) is 25.3 Å². The van der Waals surface area contributed by atoms with E-state index in [4.69, 9.17) is 21.4 Å². The lowest BCUT2D eigenvalue weighted by Crippen LogP contribution is -2.17. The number of hydrogen-bond donors (Lipinski definition) is 1. The van der Waals surface area contributed by atoms with Crippen molar-refractivity contribution < 1.29 is 18.9 Å². The second-order valence-corrected chi connectivity index (χ2v) is 6.41. The minimum Gasteiger partial charge on any atom is -0.496 e. The number of thioether (sulfide) groups is 1. The molecule has 9 heteroatoms. The minimum absolute atomic E-state index is 0.0711. The fourth-order valence-corrected chi connectivity index (χ4v) is 3.15. The summed E-state index contributed by atoms with van der Waals surface area (Å²) in [7, 11) is 1.47. The maximum Gasteiger partial charge on any atom is 0.270 e. The van der Waals surface area contributed by atoms with Crippen molar-refractivity contribution in [2.75, 3.05) is 7.11 Å². The molecule has 1 N–H and O–H groups in total. The molecule has 1 saturated heterocycles. The molecule has 3 rings (SSSR count). The van der Waals surface area contributed by atoms with Gasteiger partial charge in [0.05, 0.1) is 22.5 Å². The van der Waals surface area contributed by atoms with Crippen LogP contribution in [0.3, 0.4) is 0 Å². The summed E-state index contributed by atoms with van der Waals surface area (Å²) in [5.74, 6) is 0.994. The first-order valence-corrected chi connectivity index (χ1v) is 7.88. The van der Waals surface area contributed by atoms with Crippen LogP contribution in [0.15, 0.2) is 39.7 Å². The molecule has 1 aromatic heterocycles. The van der Waals surface area contributed by atoms with Gasteiger partial charge in [-0.2, -0.15) is 0 Å². The SMILES string of the molecule is COc1ccc([N+](=O)[O-])cc1-c1ccc(/C=C2\SC(=S)NC2=O)o1. The summed E-state index contributed by atoms with van der Waals surface area (Å²) in [5, 5.41) is 13.5. The third kappa shape index (κ3) is 3.17. The molecule has 1 aromatic carbocycles. The third-order valence-corrected chi connectivity index (χ3v) is 4.36. The molecule has 0 bridgehead atoms. The number of carbonyl (C=O) groups excluding carboxylic acids is 1. The van der Waals surface area contributed by atoms with Gasteiger partial charge in [-0.25, -0.2) is 0 Å². The van der Waals surface area contributed by atoms with Crippen LogP contribution in [0.1, 0.15) is 5.76 Å². The van der Waals surface area contributed by atoms with Gasteiger partial charge in [0.1, 0.15) is 21.6 Å². The van der Waals surface area contributed by atoms with Crippen LogP contribution in [0.2, 0.25) is 0 Å². The molecule has 0 atom stereocenters. The summed E-state index contributed by atoms with van der Waals surface area (Å²) in [4.78, 5) is 22.5. The minimum atomic E-state index is -0.491. The number of nitrogens with zero attached hydrogens (tertiary/aromatic N) is 1. The van der Waals surface area contributed by atoms with E-state index in [9.17, 15) is 14.9 Å². The van der Waals surface area contributed by atoms with Crippen molar-refractivity contribution in [3.8, 4) is 17.1 Å². The summed E-state index contributed by atoms with van der Waals surface area (Å²) >= 11 is 6.07. The zero-order valence-corrected chi connectivity index (χ0v) is 13.9. The first-order valence-electron chi connectivity index (χ1n) is 6.65. The van der Waals surface area contributed by atoms with Crippen molar-refractivity contribution in [3.63, 3.8) is 0 Å². The van der Waals surface area contributed by atoms with Crippen molar-refractivity contribution in [2.24, 2.45) is 0 Å². The molecule has 1 fully saturated rings. The number of methoxy groups -OCH3 is 1. The number of amides is 1. The lowest BCUT2D eigenvalue weighted by molar-refractivity contribution is -0.384. The van der Waals surface area contributed by atoms with E-state index in [2.05, 4.69) is 5.32 Å². The second kappa shape index (κ2) is 6.46. The maximum absolute atomic E-state index is 11.7. The van der Waals surface area contributed by atoms with Gasteiger partial charge in [0.15, 0.2) is 0 Å². The van der Waals surface area contributed by atoms with Crippen molar-refractivity contribution in [2.45, 2.75) is 0 Å². The largest absolute Gasteiger partial charge is 0.496 e. The summed E-state index contributed by atoms with van der Waals surface area (Å²) in [6.45, 7) is 0. The molecule has 0 unspecified atom stereocenters. The molecular weight excluding hydrogens is 352 g/mol. The van der Waals surface area contributed by atoms with E-state index >= 15 is 0 Å². The van der Waals surface area contributed by atoms with Crippen molar-refractivity contribution >= 4 is 46.0 Å². The van der Waals surface area contributed by atoms with Crippen LogP contribution in [0, 0.1) is 10.1 Å². The molecule has 24 heavy (non-hydrogen) atoms. The normalized spacial score (nSPS) is 15.6. The van der Waals surface area contributed by atoms with Crippen LogP contribution in [-0.4, -0.2) is 22.3 Å². The summed E-state index contributed by atoms with van der Waals surface area (Å²) in [5.41, 5.74) is 0.383. The van der Waals surface area contributed by atoms with E-state index < -0.39 is 4.92 Å². The van der Waals surface area contributed by atoms with Crippen molar-refractivity contribution in [3.05, 3.63) is 51.1 Å². The Morgan fingerprint density at radius 1 is 1.38 bits per heavy atom. The van der Waals surface area contributed by atoms with Crippen LogP contribution in [0.25, 0.3) is 17.4 Å². The van der Waals surface area contributed by atoms with Crippen LogP contribution in [-0.2, 0) is 4.79 Å². The first kappa shape index (κ1) is 16.2. The Kier molecular flexibility index (Phi) is 4.36. The van der Waals surface area contributed by atoms with Gasteiger partial charge in [-0.3, -0.25) is 14.9 Å². The Hall–Kier alpha value is -2.65. The molecular formula is C15H10N2O5S2. The Morgan fingerprint density at radius 2 is 2.17 bits per heavy atom. The predicted molar refractivity (Wildman–Crippen MR) is 93.7 cm³/mol. The Labute approximate surface area is 145 Å². The number of hydrogen-bond acceptors (Lipinski definition) is 7. The first-order chi connectivity index (χ1) is 11.5. The zero-order valence-electron chi connectivity index (χ0n) is 12.3. The van der Waals surface area contributed by atoms with Crippen LogP contribution >= 0.6 is 24.0 Å². The molecule has 1 aliphatic heterocycles. The van der Waals surface area contributed by atoms with E-state index in [0.717, 1.165) is 11.8 Å². The fourth-order valence-electron chi connectivity index (χ4n) is 2.13. The summed E-state index contributed by atoms with van der Waals surface area (Å²) in [6.07, 6.45) is 1.56. The smallest absolute Gasteiger partial charge is 0.270 e. The second-order valence-electron chi connectivity index (χ2n) is 4.70. The molecule has 2 heterocycles. The highest BCUT2D eigenvalue weighted by Gasteiger charge is 2.23. The standard InChI is InChI=1S/C15H10N2O5S2/c1-21-11-4-2-8(17(19)20)6-10(11)12-5-3-9(22-12)7-13-14(18)16-15(23)24-13/h2-7H,1H3,(H,16,18,23)/b13-7-. The quantitative estimate of drug-likeness (QED) is 0.386. The van der Waals surface area contributed by atoms with Gasteiger partial charge < -0.3 is 14.5 Å². The van der Waals surface area contributed by atoms with Gasteiger partial charge in [0.25, 0.3) is 11.6 Å². The molecule has 0 spiro atoms. The lowest BCUT2D eigenvalue weighted by atomic mass is 10.1. The highest BCUT2D eigenvalue weighted by atomic mass is 32.2. The molecule has 0 radical (unpaired) electrons. The van der Waals surface area contributed by atoms with Gasteiger partial charge in [0.2, 0.25) is 0 Å². The van der Waals surface area contributed by atoms with Crippen LogP contribution in [0.5, 0.6) is 5.75 Å². The molecule has 2 aromatic rings. The number of ether oxygens (including phenoxy) is 1. The van der Waals surface area contributed by atoms with Gasteiger partial charge in [-0.05, 0) is 18.2 Å². The Morgan fingerprint density at radius 3 is 2.79 bits per heavy atom. The zero-order chi connectivity index (χ0) is 17.3. The number of furan rings is 1. The number of nitrogens with one attached hydrogen (secondary N) is 1. The number of thiocarbonyl (C=S) groups is 1. The Bertz CT molecular complexity index is 888. The summed E-state index contributed by atoms with van der Waals surface area (Å²) < 4.78 is 11.3. The maximum atomic E-state index is 11.7. The van der Waals surface area contributed by atoms with Crippen LogP contribution in [0.4, 0.5) is 5.69 Å². The average molecular weight is 362 g/mol. The number of nitro groups is 1. The highest BCUT2D eigenvalue weighted by molar-refractivity contribution is 8.26.